The fourth-order valence-corrected chi connectivity index (χ4v) is 7.67. The number of likely N-dealkylation sites (tertiary alicyclic amines) is 1. The average molecular weight is 776 g/mol. The Bertz CT molecular complexity index is 1330. The molecule has 3 N–H and O–H groups in total. The topological polar surface area (TPSA) is 158 Å². The molecular weight excluding hydrogens is 702 g/mol. The van der Waals surface area contributed by atoms with Crippen LogP contribution in [0, 0.1) is 23.7 Å². The number of rotatable bonds is 24. The lowest BCUT2D eigenvalue weighted by Crippen LogP contribution is -2.60. The fraction of sp³-hybridized carbons (Fsp3) is 0.738. The summed E-state index contributed by atoms with van der Waals surface area (Å²) in [6, 6.07) is -3.21. The van der Waals surface area contributed by atoms with Crippen molar-refractivity contribution in [3.05, 3.63) is 37.0 Å². The number of amides is 4. The maximum absolute atomic E-state index is 14.3. The number of carbonyl (C=O) groups excluding carboxylic acids is 4. The van der Waals surface area contributed by atoms with Gasteiger partial charge in [-0.2, -0.15) is 0 Å². The highest BCUT2D eigenvalue weighted by Crippen LogP contribution is 2.30. The van der Waals surface area contributed by atoms with E-state index < -0.39 is 60.2 Å². The molecule has 0 spiro atoms. The Morgan fingerprint density at radius 3 is 1.98 bits per heavy atom. The first-order chi connectivity index (χ1) is 25.7. The molecule has 0 aliphatic carbocycles. The molecule has 4 amide bonds. The molecule has 1 rings (SSSR count). The first-order valence-corrected chi connectivity index (χ1v) is 19.8. The van der Waals surface area contributed by atoms with E-state index in [1.165, 1.54) is 26.4 Å². The van der Waals surface area contributed by atoms with Crippen LogP contribution in [0.25, 0.3) is 0 Å². The number of nitrogens with zero attached hydrogens (tertiary/aromatic N) is 3. The minimum atomic E-state index is -1.20. The van der Waals surface area contributed by atoms with Gasteiger partial charge in [-0.25, -0.2) is 4.79 Å². The zero-order valence-electron chi connectivity index (χ0n) is 36.0. The zero-order valence-corrected chi connectivity index (χ0v) is 36.0. The van der Waals surface area contributed by atoms with E-state index >= 15 is 0 Å². The summed E-state index contributed by atoms with van der Waals surface area (Å²) in [5.41, 5.74) is 0.612. The largest absolute Gasteiger partial charge is 0.480 e. The van der Waals surface area contributed by atoms with Crippen LogP contribution < -0.4 is 10.6 Å². The Balaban J connectivity index is 3.32. The highest BCUT2D eigenvalue weighted by Gasteiger charge is 2.43. The van der Waals surface area contributed by atoms with Crippen LogP contribution in [-0.2, 0) is 33.4 Å². The number of ether oxygens (including phenoxy) is 2. The molecule has 0 aromatic rings. The highest BCUT2D eigenvalue weighted by molar-refractivity contribution is 5.90. The number of hydrogen-bond acceptors (Lipinski definition) is 8. The number of allylic oxidation sites excluding steroid dienone is 3. The maximum atomic E-state index is 14.3. The van der Waals surface area contributed by atoms with Crippen LogP contribution in [-0.4, -0.2) is 133 Å². The van der Waals surface area contributed by atoms with Crippen LogP contribution in [0.2, 0.25) is 0 Å². The van der Waals surface area contributed by atoms with Gasteiger partial charge in [0.05, 0.1) is 42.7 Å². The average Bonchev–Trinajstić information content (AvgIpc) is 3.61. The molecule has 1 aliphatic heterocycles. The van der Waals surface area contributed by atoms with Gasteiger partial charge in [-0.15, -0.1) is 0 Å². The molecule has 0 radical (unpaired) electrons. The first-order valence-electron chi connectivity index (χ1n) is 19.8. The minimum Gasteiger partial charge on any atom is -0.480 e. The number of hydrogen-bond donors (Lipinski definition) is 3. The third-order valence-corrected chi connectivity index (χ3v) is 11.3. The van der Waals surface area contributed by atoms with Crippen molar-refractivity contribution >= 4 is 29.6 Å². The zero-order chi connectivity index (χ0) is 42.3. The Morgan fingerprint density at radius 1 is 0.909 bits per heavy atom. The van der Waals surface area contributed by atoms with Crippen molar-refractivity contribution < 1.29 is 38.6 Å². The van der Waals surface area contributed by atoms with Crippen LogP contribution in [0.4, 0.5) is 0 Å². The molecule has 1 saturated heterocycles. The van der Waals surface area contributed by atoms with Crippen molar-refractivity contribution in [2.45, 2.75) is 143 Å². The van der Waals surface area contributed by atoms with Gasteiger partial charge in [0.25, 0.3) is 0 Å². The highest BCUT2D eigenvalue weighted by atomic mass is 16.5. The van der Waals surface area contributed by atoms with Crippen molar-refractivity contribution in [2.24, 2.45) is 23.7 Å². The quantitative estimate of drug-likeness (QED) is 0.119. The second-order valence-corrected chi connectivity index (χ2v) is 16.1. The van der Waals surface area contributed by atoms with E-state index in [1.807, 2.05) is 67.3 Å². The van der Waals surface area contributed by atoms with Crippen molar-refractivity contribution in [2.75, 3.05) is 34.9 Å². The molecule has 1 heterocycles. The lowest BCUT2D eigenvalue weighted by atomic mass is 9.89. The second-order valence-electron chi connectivity index (χ2n) is 16.1. The SMILES string of the molecule is C=C/C=C(\C=C)CC(NC(=O)[C@H](C)[C@@H](OC)[C@@H]1CCCN1C(=O)C[C@@H](OC)[C@H]([C@@H](C)CC)N(C)C(=O)[C@@H](NC(=O)[C@H](C(C)C)N(C)C(C)C)C(C)C)C(=O)O. The minimum absolute atomic E-state index is 0.0197. The molecule has 9 atom stereocenters. The van der Waals surface area contributed by atoms with E-state index in [0.717, 1.165) is 0 Å². The van der Waals surface area contributed by atoms with Gasteiger partial charge in [0.2, 0.25) is 23.6 Å². The van der Waals surface area contributed by atoms with Crippen LogP contribution >= 0.6 is 0 Å². The van der Waals surface area contributed by atoms with Crippen molar-refractivity contribution in [1.29, 1.82) is 0 Å². The third kappa shape index (κ3) is 13.6. The van der Waals surface area contributed by atoms with Crippen LogP contribution in [0.5, 0.6) is 0 Å². The Morgan fingerprint density at radius 2 is 1.53 bits per heavy atom. The van der Waals surface area contributed by atoms with E-state index in [0.29, 0.717) is 31.4 Å². The summed E-state index contributed by atoms with van der Waals surface area (Å²) in [6.45, 7) is 25.4. The normalized spacial score (nSPS) is 19.3. The Hall–Kier alpha value is -3.55. The number of carboxylic acids is 1. The van der Waals surface area contributed by atoms with Crippen molar-refractivity contribution in [3.63, 3.8) is 0 Å². The first kappa shape index (κ1) is 49.5. The summed E-state index contributed by atoms with van der Waals surface area (Å²) < 4.78 is 11.9. The molecular formula is C42H73N5O8. The summed E-state index contributed by atoms with van der Waals surface area (Å²) >= 11 is 0. The summed E-state index contributed by atoms with van der Waals surface area (Å²) in [4.78, 5) is 73.2. The molecule has 13 heteroatoms. The van der Waals surface area contributed by atoms with E-state index in [-0.39, 0.29) is 54.4 Å². The van der Waals surface area contributed by atoms with Gasteiger partial charge in [0.1, 0.15) is 12.1 Å². The van der Waals surface area contributed by atoms with Crippen molar-refractivity contribution in [1.82, 2.24) is 25.3 Å². The van der Waals surface area contributed by atoms with Gasteiger partial charge in [-0.3, -0.25) is 24.1 Å². The van der Waals surface area contributed by atoms with Gasteiger partial charge in [-0.05, 0) is 57.1 Å². The van der Waals surface area contributed by atoms with E-state index in [9.17, 15) is 29.1 Å². The molecule has 314 valence electrons. The van der Waals surface area contributed by atoms with Gasteiger partial charge in [-0.1, -0.05) is 86.3 Å². The predicted octanol–water partition coefficient (Wildman–Crippen LogP) is 4.67. The summed E-state index contributed by atoms with van der Waals surface area (Å²) in [5.74, 6) is -3.37. The van der Waals surface area contributed by atoms with Gasteiger partial charge in [0, 0.05) is 40.3 Å². The molecule has 13 nitrogen and oxygen atoms in total. The summed E-state index contributed by atoms with van der Waals surface area (Å²) in [5, 5.41) is 15.6. The molecule has 0 saturated carbocycles. The summed E-state index contributed by atoms with van der Waals surface area (Å²) in [7, 11) is 6.65. The standard InChI is InChI=1S/C42H73N5O8/c1-16-20-30(18-3)23-31(42(52)53)43-39(49)29(11)38(55-15)32-21-19-22-47(32)34(48)24-33(54-14)37(28(10)17-2)46(13)41(51)35(25(4)5)44-40(50)36(26(6)7)45(12)27(8)9/h16,18,20,25-29,31-33,35-38H,1,3,17,19,21-24H2,2,4-15H3,(H,43,49)(H,44,50)(H,52,53)/b30-20+/t28-,29+,31?,32-,33+,35-,36-,37-,38+/m0/s1. The van der Waals surface area contributed by atoms with Crippen LogP contribution in [0.1, 0.15) is 94.4 Å². The number of likely N-dealkylation sites (N-methyl/N-ethyl adjacent to an activating group) is 2. The lowest BCUT2D eigenvalue weighted by Gasteiger charge is -2.41. The number of carboxylic acid groups (broad SMARTS) is 1. The second kappa shape index (κ2) is 23.5. The number of aliphatic carboxylic acids is 1. The van der Waals surface area contributed by atoms with Gasteiger partial charge >= 0.3 is 5.97 Å². The molecule has 0 aromatic carbocycles. The van der Waals surface area contributed by atoms with Crippen molar-refractivity contribution in [3.8, 4) is 0 Å². The molecule has 55 heavy (non-hydrogen) atoms. The lowest BCUT2D eigenvalue weighted by molar-refractivity contribution is -0.148. The van der Waals surface area contributed by atoms with E-state index in [1.54, 1.807) is 29.8 Å². The number of nitrogens with one attached hydrogen (secondary N) is 2. The monoisotopic (exact) mass is 776 g/mol. The van der Waals surface area contributed by atoms with Crippen LogP contribution in [0.15, 0.2) is 37.0 Å². The van der Waals surface area contributed by atoms with Crippen LogP contribution in [0.3, 0.4) is 0 Å². The Labute approximate surface area is 331 Å². The van der Waals surface area contributed by atoms with Gasteiger partial charge in [0.15, 0.2) is 0 Å². The molecule has 1 fully saturated rings. The summed E-state index contributed by atoms with van der Waals surface area (Å²) in [6.07, 6.45) is 5.32. The fourth-order valence-electron chi connectivity index (χ4n) is 7.67. The maximum Gasteiger partial charge on any atom is 0.326 e. The Kier molecular flexibility index (Phi) is 21.1. The molecule has 0 bridgehead atoms. The molecule has 1 aliphatic rings. The molecule has 0 aromatic heterocycles. The third-order valence-electron chi connectivity index (χ3n) is 11.3. The number of methoxy groups -OCH3 is 2. The van der Waals surface area contributed by atoms with E-state index in [4.69, 9.17) is 9.47 Å². The van der Waals surface area contributed by atoms with E-state index in [2.05, 4.69) is 23.8 Å². The number of carbonyl (C=O) groups is 5. The smallest absolute Gasteiger partial charge is 0.326 e. The molecule has 1 unspecified atom stereocenters. The predicted molar refractivity (Wildman–Crippen MR) is 217 cm³/mol. The van der Waals surface area contributed by atoms with Gasteiger partial charge < -0.3 is 35.0 Å².